The molecule has 0 radical (unpaired) electrons. The van der Waals surface area contributed by atoms with Gasteiger partial charge < -0.3 is 9.84 Å². The second kappa shape index (κ2) is 6.00. The van der Waals surface area contributed by atoms with Gasteiger partial charge in [0, 0.05) is 9.13 Å². The summed E-state index contributed by atoms with van der Waals surface area (Å²) in [6, 6.07) is 8.35. The van der Waals surface area contributed by atoms with E-state index < -0.39 is 0 Å². The van der Waals surface area contributed by atoms with E-state index in [-0.39, 0.29) is 6.04 Å². The highest BCUT2D eigenvalue weighted by atomic mass is 127. The van der Waals surface area contributed by atoms with Gasteiger partial charge in [0.05, 0.1) is 6.04 Å². The number of aromatic nitrogens is 2. The predicted molar refractivity (Wildman–Crippen MR) is 81.7 cm³/mol. The Bertz CT molecular complexity index is 547. The third-order valence-corrected chi connectivity index (χ3v) is 4.06. The molecule has 3 rings (SSSR count). The number of nitrogens with one attached hydrogen (secondary N) is 1. The molecule has 0 bridgehead atoms. The van der Waals surface area contributed by atoms with Gasteiger partial charge >= 0.3 is 0 Å². The van der Waals surface area contributed by atoms with Gasteiger partial charge in [0.25, 0.3) is 5.89 Å². The van der Waals surface area contributed by atoms with Gasteiger partial charge in [-0.05, 0) is 60.2 Å². The number of hydrogen-bond donors (Lipinski definition) is 1. The van der Waals surface area contributed by atoms with Crippen LogP contribution in [0.3, 0.4) is 0 Å². The van der Waals surface area contributed by atoms with Crippen molar-refractivity contribution in [3.8, 4) is 11.5 Å². The first kappa shape index (κ1) is 13.1. The molecule has 1 aliphatic heterocycles. The molecule has 1 aliphatic rings. The molecule has 5 heteroatoms. The van der Waals surface area contributed by atoms with Crippen molar-refractivity contribution in [1.82, 2.24) is 15.5 Å². The zero-order chi connectivity index (χ0) is 13.1. The first-order chi connectivity index (χ1) is 9.33. The minimum Gasteiger partial charge on any atom is -0.334 e. The van der Waals surface area contributed by atoms with E-state index in [2.05, 4.69) is 44.1 Å². The fourth-order valence-corrected chi connectivity index (χ4v) is 2.91. The van der Waals surface area contributed by atoms with Gasteiger partial charge in [-0.2, -0.15) is 4.98 Å². The summed E-state index contributed by atoms with van der Waals surface area (Å²) in [5.74, 6) is 1.40. The lowest BCUT2D eigenvalue weighted by Gasteiger charge is -2.09. The van der Waals surface area contributed by atoms with E-state index in [0.717, 1.165) is 24.4 Å². The summed E-state index contributed by atoms with van der Waals surface area (Å²) in [6.45, 7) is 1.04. The van der Waals surface area contributed by atoms with Crippen molar-refractivity contribution < 1.29 is 4.52 Å². The van der Waals surface area contributed by atoms with Gasteiger partial charge in [0.15, 0.2) is 5.82 Å². The minimum absolute atomic E-state index is 0.239. The fraction of sp³-hybridized carbons (Fsp3) is 0.429. The van der Waals surface area contributed by atoms with Crippen LogP contribution in [0.4, 0.5) is 0 Å². The Morgan fingerprint density at radius 3 is 3.11 bits per heavy atom. The van der Waals surface area contributed by atoms with Gasteiger partial charge in [-0.25, -0.2) is 0 Å². The average molecular weight is 369 g/mol. The van der Waals surface area contributed by atoms with E-state index in [4.69, 9.17) is 4.52 Å². The van der Waals surface area contributed by atoms with Gasteiger partial charge in [-0.1, -0.05) is 24.1 Å². The summed E-state index contributed by atoms with van der Waals surface area (Å²) in [5, 5.41) is 7.62. The van der Waals surface area contributed by atoms with Crippen LogP contribution in [0.1, 0.15) is 37.5 Å². The smallest absolute Gasteiger partial charge is 0.258 e. The van der Waals surface area contributed by atoms with Crippen LogP contribution in [0.15, 0.2) is 28.8 Å². The van der Waals surface area contributed by atoms with Crippen LogP contribution in [-0.4, -0.2) is 16.7 Å². The zero-order valence-electron chi connectivity index (χ0n) is 10.6. The Morgan fingerprint density at radius 1 is 1.26 bits per heavy atom. The number of benzene rings is 1. The van der Waals surface area contributed by atoms with Crippen molar-refractivity contribution in [2.24, 2.45) is 0 Å². The number of hydrogen-bond acceptors (Lipinski definition) is 4. The van der Waals surface area contributed by atoms with E-state index in [1.54, 1.807) is 0 Å². The maximum Gasteiger partial charge on any atom is 0.258 e. The molecule has 4 nitrogen and oxygen atoms in total. The number of halogens is 1. The average Bonchev–Trinajstić information content (AvgIpc) is 2.75. The monoisotopic (exact) mass is 369 g/mol. The van der Waals surface area contributed by atoms with E-state index in [9.17, 15) is 0 Å². The molecule has 1 aromatic carbocycles. The minimum atomic E-state index is 0.239. The molecular weight excluding hydrogens is 353 g/mol. The van der Waals surface area contributed by atoms with E-state index in [1.807, 2.05) is 18.2 Å². The van der Waals surface area contributed by atoms with Crippen molar-refractivity contribution in [2.45, 2.75) is 31.7 Å². The van der Waals surface area contributed by atoms with Crippen molar-refractivity contribution in [2.75, 3.05) is 6.54 Å². The van der Waals surface area contributed by atoms with Crippen LogP contribution < -0.4 is 5.32 Å². The van der Waals surface area contributed by atoms with Crippen molar-refractivity contribution >= 4 is 22.6 Å². The second-order valence-electron chi connectivity index (χ2n) is 4.82. The van der Waals surface area contributed by atoms with Gasteiger partial charge in [0.1, 0.15) is 0 Å². The normalized spacial score (nSPS) is 20.2. The van der Waals surface area contributed by atoms with E-state index >= 15 is 0 Å². The molecule has 0 spiro atoms. The first-order valence-electron chi connectivity index (χ1n) is 6.66. The molecule has 1 unspecified atom stereocenters. The zero-order valence-corrected chi connectivity index (χ0v) is 12.8. The summed E-state index contributed by atoms with van der Waals surface area (Å²) in [5.41, 5.74) is 0.985. The standard InChI is InChI=1S/C14H16IN3O/c15-11-6-4-5-10(9-11)14-17-13(18-19-14)12-7-2-1-3-8-16-12/h4-6,9,12,16H,1-3,7-8H2. The van der Waals surface area contributed by atoms with Crippen molar-refractivity contribution in [3.05, 3.63) is 33.7 Å². The van der Waals surface area contributed by atoms with Crippen LogP contribution in [0.25, 0.3) is 11.5 Å². The highest BCUT2D eigenvalue weighted by molar-refractivity contribution is 14.1. The second-order valence-corrected chi connectivity index (χ2v) is 6.07. The van der Waals surface area contributed by atoms with Gasteiger partial charge in [-0.15, -0.1) is 0 Å². The lowest BCUT2D eigenvalue weighted by Crippen LogP contribution is -2.21. The Kier molecular flexibility index (Phi) is 4.12. The molecule has 0 amide bonds. The van der Waals surface area contributed by atoms with Crippen LogP contribution in [0, 0.1) is 3.57 Å². The van der Waals surface area contributed by atoms with Crippen molar-refractivity contribution in [1.29, 1.82) is 0 Å². The quantitative estimate of drug-likeness (QED) is 0.823. The molecule has 0 aliphatic carbocycles. The maximum absolute atomic E-state index is 5.40. The van der Waals surface area contributed by atoms with E-state index in [1.165, 1.54) is 22.8 Å². The molecule has 1 atom stereocenters. The van der Waals surface area contributed by atoms with Crippen molar-refractivity contribution in [3.63, 3.8) is 0 Å². The van der Waals surface area contributed by atoms with E-state index in [0.29, 0.717) is 5.89 Å². The molecule has 100 valence electrons. The summed E-state index contributed by atoms with van der Waals surface area (Å²) in [7, 11) is 0. The van der Waals surface area contributed by atoms with Crippen LogP contribution in [0.5, 0.6) is 0 Å². The highest BCUT2D eigenvalue weighted by Gasteiger charge is 2.19. The molecule has 1 aromatic heterocycles. The number of rotatable bonds is 2. The lowest BCUT2D eigenvalue weighted by molar-refractivity contribution is 0.402. The van der Waals surface area contributed by atoms with Crippen LogP contribution in [-0.2, 0) is 0 Å². The number of nitrogens with zero attached hydrogens (tertiary/aromatic N) is 2. The molecule has 19 heavy (non-hydrogen) atoms. The SMILES string of the molecule is Ic1cccc(-c2nc(C3CCCCCN3)no2)c1. The molecule has 1 fully saturated rings. The summed E-state index contributed by atoms with van der Waals surface area (Å²) >= 11 is 2.29. The lowest BCUT2D eigenvalue weighted by atomic mass is 10.1. The Labute approximate surface area is 126 Å². The summed E-state index contributed by atoms with van der Waals surface area (Å²) in [6.07, 6.45) is 4.83. The molecule has 2 aromatic rings. The first-order valence-corrected chi connectivity index (χ1v) is 7.74. The third-order valence-electron chi connectivity index (χ3n) is 3.39. The summed E-state index contributed by atoms with van der Waals surface area (Å²) in [4.78, 5) is 4.54. The molecule has 1 saturated heterocycles. The highest BCUT2D eigenvalue weighted by Crippen LogP contribution is 2.24. The van der Waals surface area contributed by atoms with Gasteiger partial charge in [0.2, 0.25) is 0 Å². The summed E-state index contributed by atoms with van der Waals surface area (Å²) < 4.78 is 6.56. The Balaban J connectivity index is 1.82. The predicted octanol–water partition coefficient (Wildman–Crippen LogP) is 3.55. The Hall–Kier alpha value is -0.950. The fourth-order valence-electron chi connectivity index (χ4n) is 2.36. The molecular formula is C14H16IN3O. The molecule has 0 saturated carbocycles. The van der Waals surface area contributed by atoms with Gasteiger partial charge in [-0.3, -0.25) is 0 Å². The molecule has 2 heterocycles. The van der Waals surface area contributed by atoms with Crippen LogP contribution in [0.2, 0.25) is 0 Å². The Morgan fingerprint density at radius 2 is 2.21 bits per heavy atom. The largest absolute Gasteiger partial charge is 0.334 e. The third kappa shape index (κ3) is 3.14. The topological polar surface area (TPSA) is 51.0 Å². The van der Waals surface area contributed by atoms with Crippen LogP contribution >= 0.6 is 22.6 Å². The molecule has 1 N–H and O–H groups in total. The maximum atomic E-state index is 5.40.